The van der Waals surface area contributed by atoms with Gasteiger partial charge in [-0.15, -0.1) is 11.6 Å². The molecule has 0 saturated heterocycles. The number of carbonyl (C=O) groups excluding carboxylic acids is 1. The topological polar surface area (TPSA) is 66.8 Å². The summed E-state index contributed by atoms with van der Waals surface area (Å²) in [6.07, 6.45) is 10.8. The number of aliphatic hydroxyl groups is 2. The summed E-state index contributed by atoms with van der Waals surface area (Å²) in [5, 5.41) is 21.0. The average molecular weight is 465 g/mol. The van der Waals surface area contributed by atoms with Crippen LogP contribution in [-0.4, -0.2) is 33.8 Å². The van der Waals surface area contributed by atoms with Crippen molar-refractivity contribution in [2.45, 2.75) is 108 Å². The summed E-state index contributed by atoms with van der Waals surface area (Å²) >= 11 is 6.61. The van der Waals surface area contributed by atoms with Gasteiger partial charge >= 0.3 is 5.97 Å². The highest BCUT2D eigenvalue weighted by Gasteiger charge is 2.41. The first kappa shape index (κ1) is 26.9. The van der Waals surface area contributed by atoms with E-state index < -0.39 is 12.2 Å². The highest BCUT2D eigenvalue weighted by molar-refractivity contribution is 6.21. The monoisotopic (exact) mass is 464 g/mol. The van der Waals surface area contributed by atoms with E-state index in [9.17, 15) is 15.0 Å². The molecule has 3 unspecified atom stereocenters. The number of carbonyl (C=O) groups is 1. The van der Waals surface area contributed by atoms with Gasteiger partial charge in [-0.05, 0) is 63.0 Å². The van der Waals surface area contributed by atoms with Gasteiger partial charge in [0, 0.05) is 17.7 Å². The van der Waals surface area contributed by atoms with Crippen LogP contribution in [0.3, 0.4) is 0 Å². The summed E-state index contributed by atoms with van der Waals surface area (Å²) in [7, 11) is 0. The lowest BCUT2D eigenvalue weighted by atomic mass is 9.84. The largest absolute Gasteiger partial charge is 0.463 e. The third-order valence-electron chi connectivity index (χ3n) is 6.29. The van der Waals surface area contributed by atoms with Gasteiger partial charge in [-0.25, -0.2) is 0 Å². The molecule has 0 amide bonds. The Labute approximate surface area is 199 Å². The van der Waals surface area contributed by atoms with Gasteiger partial charge in [0.1, 0.15) is 0 Å². The molecule has 0 bridgehead atoms. The molecule has 2 rings (SSSR count). The number of halogens is 1. The number of hydrogen-bond acceptors (Lipinski definition) is 4. The average Bonchev–Trinajstić information content (AvgIpc) is 3.03. The lowest BCUT2D eigenvalue weighted by Gasteiger charge is -2.23. The minimum absolute atomic E-state index is 0.00514. The molecule has 1 aromatic rings. The Balaban J connectivity index is 1.89. The van der Waals surface area contributed by atoms with E-state index in [0.717, 1.165) is 56.1 Å². The second kappa shape index (κ2) is 14.0. The molecule has 2 N–H and O–H groups in total. The molecule has 1 aromatic carbocycles. The number of unbranched alkanes of at least 4 members (excludes halogenated alkanes) is 3. The SMILES string of the molecule is CCCCCC(O)c1ccc([C@H]2C(O)C[C@@H](Cl)C2C/C=C\CCCC(=O)OC(C)C)cc1. The predicted molar refractivity (Wildman–Crippen MR) is 131 cm³/mol. The number of allylic oxidation sites excluding steroid dienone is 2. The summed E-state index contributed by atoms with van der Waals surface area (Å²) in [5.74, 6) is 0.00994. The van der Waals surface area contributed by atoms with E-state index in [1.807, 2.05) is 38.1 Å². The zero-order valence-corrected chi connectivity index (χ0v) is 20.6. The van der Waals surface area contributed by atoms with Crippen LogP contribution >= 0.6 is 11.6 Å². The minimum Gasteiger partial charge on any atom is -0.463 e. The number of aliphatic hydroxyl groups excluding tert-OH is 2. The fourth-order valence-electron chi connectivity index (χ4n) is 4.58. The van der Waals surface area contributed by atoms with Gasteiger partial charge in [0.2, 0.25) is 0 Å². The molecule has 0 heterocycles. The van der Waals surface area contributed by atoms with Crippen molar-refractivity contribution < 1.29 is 19.7 Å². The van der Waals surface area contributed by atoms with Crippen molar-refractivity contribution in [2.24, 2.45) is 5.92 Å². The van der Waals surface area contributed by atoms with E-state index in [4.69, 9.17) is 16.3 Å². The third-order valence-corrected chi connectivity index (χ3v) is 6.79. The second-order valence-electron chi connectivity index (χ2n) is 9.32. The standard InChI is InChI=1S/C27H41ClO4/c1-4-5-8-12-24(29)20-14-16-21(17-15-20)27-22(23(28)18-25(27)30)11-9-6-7-10-13-26(31)32-19(2)3/h6,9,14-17,19,22-25,27,29-30H,4-5,7-8,10-13,18H2,1-3H3/b9-6-/t22?,23-,24?,25?,27-/m1/s1. The Bertz CT molecular complexity index is 700. The molecule has 1 fully saturated rings. The van der Waals surface area contributed by atoms with Crippen LogP contribution < -0.4 is 0 Å². The highest BCUT2D eigenvalue weighted by Crippen LogP contribution is 2.45. The first-order chi connectivity index (χ1) is 15.3. The fourth-order valence-corrected chi connectivity index (χ4v) is 5.02. The molecule has 32 heavy (non-hydrogen) atoms. The van der Waals surface area contributed by atoms with Crippen LogP contribution in [-0.2, 0) is 9.53 Å². The van der Waals surface area contributed by atoms with E-state index >= 15 is 0 Å². The maximum atomic E-state index is 11.6. The number of hydrogen-bond donors (Lipinski definition) is 2. The van der Waals surface area contributed by atoms with Crippen molar-refractivity contribution in [3.8, 4) is 0 Å². The Morgan fingerprint density at radius 3 is 2.56 bits per heavy atom. The van der Waals surface area contributed by atoms with Crippen LogP contribution in [0.4, 0.5) is 0 Å². The van der Waals surface area contributed by atoms with Gasteiger partial charge in [0.25, 0.3) is 0 Å². The highest BCUT2D eigenvalue weighted by atomic mass is 35.5. The van der Waals surface area contributed by atoms with E-state index in [1.165, 1.54) is 0 Å². The number of alkyl halides is 1. The van der Waals surface area contributed by atoms with Crippen molar-refractivity contribution >= 4 is 17.6 Å². The quantitative estimate of drug-likeness (QED) is 0.152. The zero-order valence-electron chi connectivity index (χ0n) is 19.9. The summed E-state index contributed by atoms with van der Waals surface area (Å²) in [4.78, 5) is 11.6. The van der Waals surface area contributed by atoms with Crippen LogP contribution in [0.15, 0.2) is 36.4 Å². The molecule has 4 nitrogen and oxygen atoms in total. The molecule has 0 radical (unpaired) electrons. The van der Waals surface area contributed by atoms with Crippen molar-refractivity contribution in [1.29, 1.82) is 0 Å². The molecule has 0 aliphatic heterocycles. The van der Waals surface area contributed by atoms with Crippen molar-refractivity contribution in [3.63, 3.8) is 0 Å². The van der Waals surface area contributed by atoms with Gasteiger partial charge < -0.3 is 14.9 Å². The van der Waals surface area contributed by atoms with Gasteiger partial charge in [-0.2, -0.15) is 0 Å². The number of ether oxygens (including phenoxy) is 1. The molecule has 1 aliphatic rings. The van der Waals surface area contributed by atoms with E-state index in [1.54, 1.807) is 0 Å². The summed E-state index contributed by atoms with van der Waals surface area (Å²) < 4.78 is 5.15. The van der Waals surface area contributed by atoms with Crippen LogP contribution in [0, 0.1) is 5.92 Å². The molecule has 1 aliphatic carbocycles. The lowest BCUT2D eigenvalue weighted by molar-refractivity contribution is -0.147. The molecule has 1 saturated carbocycles. The maximum absolute atomic E-state index is 11.6. The molecular weight excluding hydrogens is 424 g/mol. The molecular formula is C27H41ClO4. The van der Waals surface area contributed by atoms with Crippen LogP contribution in [0.1, 0.15) is 102 Å². The van der Waals surface area contributed by atoms with Gasteiger partial charge in [-0.1, -0.05) is 62.6 Å². The van der Waals surface area contributed by atoms with Gasteiger partial charge in [-0.3, -0.25) is 4.79 Å². The second-order valence-corrected chi connectivity index (χ2v) is 9.89. The number of esters is 1. The lowest BCUT2D eigenvalue weighted by Crippen LogP contribution is -2.18. The zero-order chi connectivity index (χ0) is 23.5. The normalized spacial score (nSPS) is 24.3. The Hall–Kier alpha value is -1.36. The number of benzene rings is 1. The van der Waals surface area contributed by atoms with Crippen molar-refractivity contribution in [2.75, 3.05) is 0 Å². The van der Waals surface area contributed by atoms with Gasteiger partial charge in [0.05, 0.1) is 18.3 Å². The summed E-state index contributed by atoms with van der Waals surface area (Å²) in [6, 6.07) is 8.06. The molecule has 5 heteroatoms. The van der Waals surface area contributed by atoms with E-state index in [-0.39, 0.29) is 29.3 Å². The van der Waals surface area contributed by atoms with Crippen LogP contribution in [0.25, 0.3) is 0 Å². The Kier molecular flexibility index (Phi) is 11.8. The smallest absolute Gasteiger partial charge is 0.306 e. The van der Waals surface area contributed by atoms with Crippen molar-refractivity contribution in [1.82, 2.24) is 0 Å². The Morgan fingerprint density at radius 2 is 1.91 bits per heavy atom. The molecule has 0 aromatic heterocycles. The molecule has 5 atom stereocenters. The van der Waals surface area contributed by atoms with Crippen molar-refractivity contribution in [3.05, 3.63) is 47.5 Å². The first-order valence-corrected chi connectivity index (χ1v) is 12.7. The van der Waals surface area contributed by atoms with E-state index in [0.29, 0.717) is 12.8 Å². The van der Waals surface area contributed by atoms with Gasteiger partial charge in [0.15, 0.2) is 0 Å². The maximum Gasteiger partial charge on any atom is 0.306 e. The Morgan fingerprint density at radius 1 is 1.19 bits per heavy atom. The molecule has 180 valence electrons. The summed E-state index contributed by atoms with van der Waals surface area (Å²) in [6.45, 7) is 5.87. The first-order valence-electron chi connectivity index (χ1n) is 12.3. The van der Waals surface area contributed by atoms with Crippen LogP contribution in [0.5, 0.6) is 0 Å². The van der Waals surface area contributed by atoms with Crippen LogP contribution in [0.2, 0.25) is 0 Å². The third kappa shape index (κ3) is 8.53. The summed E-state index contributed by atoms with van der Waals surface area (Å²) in [5.41, 5.74) is 2.02. The predicted octanol–water partition coefficient (Wildman–Crippen LogP) is 6.44. The fraction of sp³-hybridized carbons (Fsp3) is 0.667. The minimum atomic E-state index is -0.456. The van der Waals surface area contributed by atoms with E-state index in [2.05, 4.69) is 19.1 Å². The molecule has 0 spiro atoms. The number of rotatable bonds is 13.